The molecule has 4 amide bonds. The molecule has 0 saturated carbocycles. The van der Waals surface area contributed by atoms with E-state index in [4.69, 9.17) is 4.84 Å². The molecule has 0 aliphatic heterocycles. The number of nitrogens with zero attached hydrogens (tertiary/aromatic N) is 1. The van der Waals surface area contributed by atoms with Gasteiger partial charge in [-0.15, -0.1) is 0 Å². The normalized spacial score (nSPS) is 12.9. The van der Waals surface area contributed by atoms with Crippen molar-refractivity contribution >= 4 is 23.8 Å². The van der Waals surface area contributed by atoms with E-state index in [1.807, 2.05) is 0 Å². The minimum absolute atomic E-state index is 0.582. The van der Waals surface area contributed by atoms with Crippen LogP contribution >= 0.6 is 0 Å². The second-order valence-electron chi connectivity index (χ2n) is 3.69. The summed E-state index contributed by atoms with van der Waals surface area (Å²) < 4.78 is 4.25. The minimum Gasteiger partial charge on any atom is -0.451 e. The Morgan fingerprint density at radius 1 is 1.21 bits per heavy atom. The van der Waals surface area contributed by atoms with Crippen LogP contribution in [0.15, 0.2) is 0 Å². The van der Waals surface area contributed by atoms with Gasteiger partial charge in [0.15, 0.2) is 0 Å². The number of methoxy groups -OCH3 is 1. The van der Waals surface area contributed by atoms with E-state index in [-0.39, 0.29) is 0 Å². The van der Waals surface area contributed by atoms with E-state index < -0.39 is 29.4 Å². The molecule has 0 radical (unpaired) electrons. The van der Waals surface area contributed by atoms with E-state index in [0.29, 0.717) is 4.90 Å². The summed E-state index contributed by atoms with van der Waals surface area (Å²) in [5.74, 6) is -2.35. The lowest BCUT2D eigenvalue weighted by Gasteiger charge is -2.28. The average molecular weight is 275 g/mol. The first-order chi connectivity index (χ1) is 8.70. The lowest BCUT2D eigenvalue weighted by molar-refractivity contribution is -0.173. The predicted molar refractivity (Wildman–Crippen MR) is 62.5 cm³/mol. The molecule has 0 heterocycles. The van der Waals surface area contributed by atoms with E-state index in [2.05, 4.69) is 10.1 Å². The summed E-state index contributed by atoms with van der Waals surface area (Å²) in [6, 6.07) is 0. The maximum atomic E-state index is 12.0. The fourth-order valence-corrected chi connectivity index (χ4v) is 1.07. The van der Waals surface area contributed by atoms with Gasteiger partial charge in [0.1, 0.15) is 0 Å². The third kappa shape index (κ3) is 3.91. The quantitative estimate of drug-likeness (QED) is 0.491. The van der Waals surface area contributed by atoms with E-state index >= 15 is 0 Å². The number of ether oxygens (including phenoxy) is 1. The smallest absolute Gasteiger partial charge is 0.431 e. The third-order valence-corrected chi connectivity index (χ3v) is 2.37. The summed E-state index contributed by atoms with van der Waals surface area (Å²) in [5.41, 5.74) is -0.312. The van der Waals surface area contributed by atoms with Crippen molar-refractivity contribution in [3.63, 3.8) is 0 Å². The summed E-state index contributed by atoms with van der Waals surface area (Å²) in [5, 5.41) is 2.21. The second kappa shape index (κ2) is 6.69. The number of hydrogen-bond donors (Lipinski definition) is 2. The molecule has 0 saturated heterocycles. The van der Waals surface area contributed by atoms with Crippen LogP contribution in [0.25, 0.3) is 0 Å². The zero-order chi connectivity index (χ0) is 15.2. The van der Waals surface area contributed by atoms with E-state index in [1.165, 1.54) is 14.1 Å². The van der Waals surface area contributed by atoms with E-state index in [1.54, 1.807) is 5.48 Å². The van der Waals surface area contributed by atoms with Crippen LogP contribution in [0.1, 0.15) is 13.8 Å². The van der Waals surface area contributed by atoms with Crippen LogP contribution in [0.5, 0.6) is 0 Å². The molecule has 0 spiro atoms. The number of carbonyl (C=O) groups excluding carboxylic acids is 4. The zero-order valence-electron chi connectivity index (χ0n) is 11.4. The van der Waals surface area contributed by atoms with Crippen molar-refractivity contribution in [2.24, 2.45) is 0 Å². The molecule has 9 nitrogen and oxygen atoms in total. The number of hydrogen-bond acceptors (Lipinski definition) is 6. The maximum absolute atomic E-state index is 12.0. The molecular weight excluding hydrogens is 258 g/mol. The molecule has 0 aliphatic rings. The standard InChI is InChI=1S/C10H17N3O6/c1-6(14)13(4)8(16)10(2,7(15)11-3)19-12-9(17)18-5/h1-5H3,(H,11,15)(H,12,17). The van der Waals surface area contributed by atoms with Gasteiger partial charge in [-0.2, -0.15) is 5.48 Å². The third-order valence-electron chi connectivity index (χ3n) is 2.37. The molecule has 9 heteroatoms. The largest absolute Gasteiger partial charge is 0.451 e. The minimum atomic E-state index is -2.09. The Labute approximate surface area is 110 Å². The number of imide groups is 1. The molecule has 0 aromatic carbocycles. The number of hydroxylamine groups is 1. The number of likely N-dealkylation sites (N-methyl/N-ethyl adjacent to an activating group) is 2. The average Bonchev–Trinajstić information content (AvgIpc) is 2.41. The summed E-state index contributed by atoms with van der Waals surface area (Å²) >= 11 is 0. The first-order valence-electron chi connectivity index (χ1n) is 5.23. The van der Waals surface area contributed by atoms with Gasteiger partial charge in [0.2, 0.25) is 11.5 Å². The fraction of sp³-hybridized carbons (Fsp3) is 0.600. The molecular formula is C10H17N3O6. The van der Waals surface area contributed by atoms with Crippen LogP contribution in [0.2, 0.25) is 0 Å². The SMILES string of the molecule is CNC(=O)C(C)(ONC(=O)OC)C(=O)N(C)C(C)=O. The Balaban J connectivity index is 5.18. The molecule has 1 atom stereocenters. The second-order valence-corrected chi connectivity index (χ2v) is 3.69. The van der Waals surface area contributed by atoms with Crippen molar-refractivity contribution in [3.8, 4) is 0 Å². The molecule has 1 unspecified atom stereocenters. The van der Waals surface area contributed by atoms with Crippen molar-refractivity contribution in [3.05, 3.63) is 0 Å². The van der Waals surface area contributed by atoms with Crippen molar-refractivity contribution in [2.75, 3.05) is 21.2 Å². The molecule has 0 bridgehead atoms. The van der Waals surface area contributed by atoms with Gasteiger partial charge >= 0.3 is 6.09 Å². The van der Waals surface area contributed by atoms with Gasteiger partial charge in [-0.3, -0.25) is 19.3 Å². The highest BCUT2D eigenvalue weighted by Gasteiger charge is 2.46. The lowest BCUT2D eigenvalue weighted by atomic mass is 10.0. The van der Waals surface area contributed by atoms with Gasteiger partial charge in [-0.05, 0) is 6.92 Å². The zero-order valence-corrected chi connectivity index (χ0v) is 11.4. The maximum Gasteiger partial charge on any atom is 0.431 e. The van der Waals surface area contributed by atoms with Gasteiger partial charge in [-0.25, -0.2) is 9.63 Å². The number of amides is 4. The monoisotopic (exact) mass is 275 g/mol. The highest BCUT2D eigenvalue weighted by atomic mass is 16.7. The highest BCUT2D eigenvalue weighted by Crippen LogP contribution is 2.13. The number of carbonyl (C=O) groups is 4. The molecule has 0 aromatic heterocycles. The first-order valence-corrected chi connectivity index (χ1v) is 5.23. The van der Waals surface area contributed by atoms with Crippen molar-refractivity contribution < 1.29 is 28.8 Å². The Kier molecular flexibility index (Phi) is 5.93. The lowest BCUT2D eigenvalue weighted by Crippen LogP contribution is -2.59. The van der Waals surface area contributed by atoms with Gasteiger partial charge in [0, 0.05) is 21.0 Å². The number of nitrogens with one attached hydrogen (secondary N) is 2. The first kappa shape index (κ1) is 16.8. The van der Waals surface area contributed by atoms with Crippen LogP contribution < -0.4 is 10.8 Å². The Hall–Kier alpha value is -2.16. The molecule has 108 valence electrons. The van der Waals surface area contributed by atoms with Crippen LogP contribution in [0.3, 0.4) is 0 Å². The van der Waals surface area contributed by atoms with E-state index in [9.17, 15) is 19.2 Å². The Bertz CT molecular complexity index is 397. The summed E-state index contributed by atoms with van der Waals surface area (Å²) in [6.07, 6.45) is -0.992. The van der Waals surface area contributed by atoms with Gasteiger partial charge < -0.3 is 10.1 Å². The summed E-state index contributed by atoms with van der Waals surface area (Å²) in [4.78, 5) is 51.3. The Morgan fingerprint density at radius 3 is 2.11 bits per heavy atom. The van der Waals surface area contributed by atoms with Crippen LogP contribution in [-0.2, 0) is 24.0 Å². The van der Waals surface area contributed by atoms with Crippen LogP contribution in [-0.4, -0.2) is 55.5 Å². The number of rotatable bonds is 4. The highest BCUT2D eigenvalue weighted by molar-refractivity contribution is 6.12. The molecule has 0 aromatic rings. The van der Waals surface area contributed by atoms with Crippen LogP contribution in [0.4, 0.5) is 4.79 Å². The Morgan fingerprint density at radius 2 is 1.74 bits per heavy atom. The van der Waals surface area contributed by atoms with Crippen molar-refractivity contribution in [2.45, 2.75) is 19.4 Å². The van der Waals surface area contributed by atoms with Gasteiger partial charge in [-0.1, -0.05) is 0 Å². The molecule has 2 N–H and O–H groups in total. The van der Waals surface area contributed by atoms with Crippen LogP contribution in [0, 0.1) is 0 Å². The fourth-order valence-electron chi connectivity index (χ4n) is 1.07. The molecule has 0 fully saturated rings. The molecule has 0 rings (SSSR count). The summed E-state index contributed by atoms with van der Waals surface area (Å²) in [6.45, 7) is 2.26. The predicted octanol–water partition coefficient (Wildman–Crippen LogP) is -1.22. The van der Waals surface area contributed by atoms with Gasteiger partial charge in [0.05, 0.1) is 7.11 Å². The van der Waals surface area contributed by atoms with Crippen molar-refractivity contribution in [1.29, 1.82) is 0 Å². The van der Waals surface area contributed by atoms with E-state index in [0.717, 1.165) is 21.0 Å². The molecule has 19 heavy (non-hydrogen) atoms. The summed E-state index contributed by atoms with van der Waals surface area (Å²) in [7, 11) is 3.55. The topological polar surface area (TPSA) is 114 Å². The van der Waals surface area contributed by atoms with Gasteiger partial charge in [0.25, 0.3) is 11.8 Å². The molecule has 0 aliphatic carbocycles. The van der Waals surface area contributed by atoms with Crippen molar-refractivity contribution in [1.82, 2.24) is 15.7 Å².